The topological polar surface area (TPSA) is 20.2 Å². The van der Waals surface area contributed by atoms with Crippen LogP contribution in [0.4, 0.5) is 0 Å². The summed E-state index contributed by atoms with van der Waals surface area (Å²) in [7, 11) is 0. The van der Waals surface area contributed by atoms with Crippen molar-refractivity contribution in [3.63, 3.8) is 0 Å². The van der Waals surface area contributed by atoms with Crippen molar-refractivity contribution >= 4 is 11.1 Å². The van der Waals surface area contributed by atoms with E-state index in [1.54, 1.807) is 12.2 Å². The van der Waals surface area contributed by atoms with Gasteiger partial charge in [-0.15, -0.1) is 0 Å². The van der Waals surface area contributed by atoms with Crippen LogP contribution in [0.3, 0.4) is 0 Å². The Kier molecular flexibility index (Phi) is 6.57. The summed E-state index contributed by atoms with van der Waals surface area (Å²) < 4.78 is 0. The normalized spacial score (nSPS) is 10.6. The van der Waals surface area contributed by atoms with Crippen molar-refractivity contribution in [3.05, 3.63) is 122 Å². The Labute approximate surface area is 139 Å². The van der Waals surface area contributed by atoms with Crippen LogP contribution in [-0.2, 0) is 0 Å². The zero-order valence-electron chi connectivity index (χ0n) is 13.4. The van der Waals surface area contributed by atoms with Crippen molar-refractivity contribution in [2.24, 2.45) is 0 Å². The second-order valence-electron chi connectivity index (χ2n) is 4.97. The number of aliphatic hydroxyl groups excluding tert-OH is 1. The molecule has 1 aromatic rings. The van der Waals surface area contributed by atoms with E-state index in [9.17, 15) is 0 Å². The molecular weight excluding hydrogens is 280 g/mol. The minimum absolute atomic E-state index is 0.0282. The average Bonchev–Trinajstić information content (AvgIpc) is 2.56. The second-order valence-corrected chi connectivity index (χ2v) is 4.97. The van der Waals surface area contributed by atoms with Gasteiger partial charge in [0.2, 0.25) is 0 Å². The predicted molar refractivity (Wildman–Crippen MR) is 103 cm³/mol. The van der Waals surface area contributed by atoms with Crippen LogP contribution < -0.4 is 0 Å². The summed E-state index contributed by atoms with van der Waals surface area (Å²) in [5.41, 5.74) is 4.91. The van der Waals surface area contributed by atoms with Gasteiger partial charge in [0.15, 0.2) is 0 Å². The molecule has 1 nitrogen and oxygen atoms in total. The molecule has 1 aromatic carbocycles. The number of hydrogen-bond acceptors (Lipinski definition) is 1. The molecule has 0 aliphatic rings. The summed E-state index contributed by atoms with van der Waals surface area (Å²) >= 11 is 0. The quantitative estimate of drug-likeness (QED) is 0.448. The standard InChI is InChI=1S/C22H22O/c1-7-8-11-16(2)19(5)21-12-9-10-13-22(21)20(6)17(3)14-15-18(4)23/h7-15,23H,1-6H2/b11-8-,15-14-. The van der Waals surface area contributed by atoms with Crippen molar-refractivity contribution in [1.82, 2.24) is 0 Å². The van der Waals surface area contributed by atoms with Crippen molar-refractivity contribution in [3.8, 4) is 0 Å². The van der Waals surface area contributed by atoms with E-state index in [1.807, 2.05) is 36.4 Å². The molecule has 0 saturated carbocycles. The van der Waals surface area contributed by atoms with Crippen LogP contribution in [0, 0.1) is 0 Å². The molecule has 116 valence electrons. The molecule has 23 heavy (non-hydrogen) atoms. The fourth-order valence-electron chi connectivity index (χ4n) is 1.94. The van der Waals surface area contributed by atoms with Crippen molar-refractivity contribution < 1.29 is 5.11 Å². The fourth-order valence-corrected chi connectivity index (χ4v) is 1.94. The molecule has 0 unspecified atom stereocenters. The first-order valence-electron chi connectivity index (χ1n) is 7.09. The van der Waals surface area contributed by atoms with E-state index in [-0.39, 0.29) is 5.76 Å². The Morgan fingerprint density at radius 1 is 0.783 bits per heavy atom. The molecule has 0 spiro atoms. The lowest BCUT2D eigenvalue weighted by Crippen LogP contribution is -1.94. The third kappa shape index (κ3) is 5.01. The van der Waals surface area contributed by atoms with Gasteiger partial charge in [0.1, 0.15) is 5.76 Å². The van der Waals surface area contributed by atoms with Gasteiger partial charge in [0, 0.05) is 0 Å². The summed E-state index contributed by atoms with van der Waals surface area (Å²) in [5.74, 6) is -0.0282. The molecule has 0 saturated heterocycles. The molecule has 0 radical (unpaired) electrons. The van der Waals surface area contributed by atoms with Gasteiger partial charge < -0.3 is 5.11 Å². The first-order chi connectivity index (χ1) is 10.9. The first-order valence-corrected chi connectivity index (χ1v) is 7.09. The molecule has 0 heterocycles. The van der Waals surface area contributed by atoms with Gasteiger partial charge >= 0.3 is 0 Å². The van der Waals surface area contributed by atoms with E-state index in [1.165, 1.54) is 6.08 Å². The molecular formula is C22H22O. The molecule has 1 rings (SSSR count). The van der Waals surface area contributed by atoms with Crippen LogP contribution in [0.15, 0.2) is 111 Å². The van der Waals surface area contributed by atoms with E-state index in [2.05, 4.69) is 39.5 Å². The molecule has 0 bridgehead atoms. The van der Waals surface area contributed by atoms with E-state index >= 15 is 0 Å². The van der Waals surface area contributed by atoms with Crippen LogP contribution in [0.5, 0.6) is 0 Å². The first kappa shape index (κ1) is 18.0. The zero-order valence-corrected chi connectivity index (χ0v) is 13.4. The van der Waals surface area contributed by atoms with Crippen LogP contribution in [-0.4, -0.2) is 5.11 Å². The minimum atomic E-state index is -0.0282. The van der Waals surface area contributed by atoms with Crippen molar-refractivity contribution in [2.75, 3.05) is 0 Å². The van der Waals surface area contributed by atoms with Gasteiger partial charge in [-0.05, 0) is 39.5 Å². The monoisotopic (exact) mass is 302 g/mol. The van der Waals surface area contributed by atoms with Gasteiger partial charge in [0.05, 0.1) is 0 Å². The predicted octanol–water partition coefficient (Wildman–Crippen LogP) is 6.20. The molecule has 0 aliphatic carbocycles. The highest BCUT2D eigenvalue weighted by atomic mass is 16.3. The van der Waals surface area contributed by atoms with Crippen LogP contribution in [0.1, 0.15) is 11.1 Å². The summed E-state index contributed by atoms with van der Waals surface area (Å²) in [5, 5.41) is 9.16. The Bertz CT molecular complexity index is 739. The SMILES string of the molecule is C=C/C=C\C(=C)C(=C)c1ccccc1C(=C)C(=C)/C=C\C(=C)O. The minimum Gasteiger partial charge on any atom is -0.509 e. The Morgan fingerprint density at radius 3 is 1.70 bits per heavy atom. The molecule has 0 amide bonds. The van der Waals surface area contributed by atoms with Crippen LogP contribution >= 0.6 is 0 Å². The molecule has 1 heteroatoms. The van der Waals surface area contributed by atoms with Gasteiger partial charge in [-0.2, -0.15) is 0 Å². The van der Waals surface area contributed by atoms with Crippen molar-refractivity contribution in [1.29, 1.82) is 0 Å². The Morgan fingerprint density at radius 2 is 1.26 bits per heavy atom. The van der Waals surface area contributed by atoms with Gasteiger partial charge in [-0.1, -0.05) is 88.0 Å². The van der Waals surface area contributed by atoms with E-state index in [4.69, 9.17) is 5.11 Å². The van der Waals surface area contributed by atoms with Gasteiger partial charge in [-0.3, -0.25) is 0 Å². The average molecular weight is 302 g/mol. The number of allylic oxidation sites excluding steroid dienone is 9. The maximum atomic E-state index is 9.16. The molecule has 0 aliphatic heterocycles. The smallest absolute Gasteiger partial charge is 0.108 e. The second kappa shape index (κ2) is 8.40. The van der Waals surface area contributed by atoms with Gasteiger partial charge in [-0.25, -0.2) is 0 Å². The third-order valence-corrected chi connectivity index (χ3v) is 3.26. The lowest BCUT2D eigenvalue weighted by atomic mass is 9.89. The van der Waals surface area contributed by atoms with E-state index < -0.39 is 0 Å². The summed E-state index contributed by atoms with van der Waals surface area (Å²) in [6.07, 6.45) is 8.53. The number of rotatable bonds is 8. The number of hydrogen-bond donors (Lipinski definition) is 1. The maximum absolute atomic E-state index is 9.16. The lowest BCUT2D eigenvalue weighted by molar-refractivity contribution is 0.435. The maximum Gasteiger partial charge on any atom is 0.108 e. The Hall–Kier alpha value is -3.06. The summed E-state index contributed by atoms with van der Waals surface area (Å²) in [6.45, 7) is 23.3. The lowest BCUT2D eigenvalue weighted by Gasteiger charge is -2.14. The Balaban J connectivity index is 3.17. The highest BCUT2D eigenvalue weighted by molar-refractivity contribution is 5.90. The van der Waals surface area contributed by atoms with Crippen molar-refractivity contribution in [2.45, 2.75) is 0 Å². The number of aliphatic hydroxyl groups is 1. The third-order valence-electron chi connectivity index (χ3n) is 3.26. The van der Waals surface area contributed by atoms with Gasteiger partial charge in [0.25, 0.3) is 0 Å². The summed E-state index contributed by atoms with van der Waals surface area (Å²) in [4.78, 5) is 0. The van der Waals surface area contributed by atoms with E-state index in [0.717, 1.165) is 27.8 Å². The van der Waals surface area contributed by atoms with Crippen LogP contribution in [0.2, 0.25) is 0 Å². The highest BCUT2D eigenvalue weighted by Crippen LogP contribution is 2.31. The van der Waals surface area contributed by atoms with E-state index in [0.29, 0.717) is 5.57 Å². The highest BCUT2D eigenvalue weighted by Gasteiger charge is 2.10. The summed E-state index contributed by atoms with van der Waals surface area (Å²) in [6, 6.07) is 7.80. The fraction of sp³-hybridized carbons (Fsp3) is 0. The molecule has 0 aromatic heterocycles. The number of benzene rings is 1. The largest absolute Gasteiger partial charge is 0.509 e. The van der Waals surface area contributed by atoms with Crippen LogP contribution in [0.25, 0.3) is 11.1 Å². The molecule has 1 N–H and O–H groups in total. The molecule has 0 fully saturated rings. The zero-order chi connectivity index (χ0) is 17.4. The molecule has 0 atom stereocenters.